The Morgan fingerprint density at radius 2 is 1.85 bits per heavy atom. The van der Waals surface area contributed by atoms with Crippen LogP contribution in [0.4, 0.5) is 0 Å². The molecule has 0 atom stereocenters. The molecular formula is C20H16N4OS. The summed E-state index contributed by atoms with van der Waals surface area (Å²) < 4.78 is 0. The zero-order valence-corrected chi connectivity index (χ0v) is 14.7. The van der Waals surface area contributed by atoms with Crippen LogP contribution >= 0.6 is 11.8 Å². The van der Waals surface area contributed by atoms with Crippen molar-refractivity contribution in [2.45, 2.75) is 5.16 Å². The van der Waals surface area contributed by atoms with Crippen molar-refractivity contribution in [3.05, 3.63) is 77.7 Å². The number of benzene rings is 2. The van der Waals surface area contributed by atoms with Crippen molar-refractivity contribution < 1.29 is 4.79 Å². The van der Waals surface area contributed by atoms with Crippen LogP contribution in [0, 0.1) is 0 Å². The number of fused-ring (bicyclic) bond motifs is 1. The summed E-state index contributed by atoms with van der Waals surface area (Å²) in [7, 11) is 0. The van der Waals surface area contributed by atoms with Crippen molar-refractivity contribution >= 4 is 40.6 Å². The van der Waals surface area contributed by atoms with Gasteiger partial charge in [0.05, 0.1) is 5.75 Å². The molecule has 0 amide bonds. The van der Waals surface area contributed by atoms with Crippen molar-refractivity contribution in [1.29, 1.82) is 0 Å². The van der Waals surface area contributed by atoms with Gasteiger partial charge in [-0.05, 0) is 17.7 Å². The van der Waals surface area contributed by atoms with Gasteiger partial charge >= 0.3 is 0 Å². The van der Waals surface area contributed by atoms with Crippen LogP contribution in [0.2, 0.25) is 0 Å². The van der Waals surface area contributed by atoms with Gasteiger partial charge in [0, 0.05) is 22.7 Å². The van der Waals surface area contributed by atoms with Crippen LogP contribution in [-0.4, -0.2) is 31.7 Å². The maximum absolute atomic E-state index is 12.5. The summed E-state index contributed by atoms with van der Waals surface area (Å²) in [5, 5.41) is 8.54. The van der Waals surface area contributed by atoms with E-state index in [0.717, 1.165) is 16.5 Å². The molecule has 0 aliphatic heterocycles. The molecule has 2 aromatic carbocycles. The van der Waals surface area contributed by atoms with E-state index in [1.165, 1.54) is 11.8 Å². The number of para-hydroxylation sites is 1. The van der Waals surface area contributed by atoms with Gasteiger partial charge in [-0.2, -0.15) is 0 Å². The number of aromatic nitrogens is 4. The van der Waals surface area contributed by atoms with Crippen LogP contribution in [0.15, 0.2) is 66.0 Å². The SMILES string of the molecule is O=C(CSc1n[nH]c(/C=C/c2ccccc2)n1)c1c[nH]c2ccccc12. The maximum Gasteiger partial charge on any atom is 0.209 e. The summed E-state index contributed by atoms with van der Waals surface area (Å²) in [6.07, 6.45) is 5.60. The van der Waals surface area contributed by atoms with Crippen molar-refractivity contribution in [1.82, 2.24) is 20.2 Å². The number of rotatable bonds is 6. The maximum atomic E-state index is 12.5. The smallest absolute Gasteiger partial charge is 0.209 e. The first-order valence-corrected chi connectivity index (χ1v) is 9.16. The van der Waals surface area contributed by atoms with E-state index in [0.29, 0.717) is 22.3 Å². The largest absolute Gasteiger partial charge is 0.360 e. The molecule has 0 aliphatic carbocycles. The highest BCUT2D eigenvalue weighted by molar-refractivity contribution is 7.99. The molecule has 2 heterocycles. The first kappa shape index (κ1) is 16.4. The third-order valence-corrected chi connectivity index (χ3v) is 4.78. The van der Waals surface area contributed by atoms with Gasteiger partial charge in [-0.1, -0.05) is 66.4 Å². The molecule has 0 spiro atoms. The van der Waals surface area contributed by atoms with Crippen LogP contribution in [0.1, 0.15) is 21.7 Å². The number of nitrogens with zero attached hydrogens (tertiary/aromatic N) is 2. The Balaban J connectivity index is 1.40. The molecule has 6 heteroatoms. The van der Waals surface area contributed by atoms with E-state index in [-0.39, 0.29) is 5.78 Å². The molecule has 0 saturated heterocycles. The zero-order valence-electron chi connectivity index (χ0n) is 13.8. The summed E-state index contributed by atoms with van der Waals surface area (Å²) in [6, 6.07) is 17.8. The highest BCUT2D eigenvalue weighted by atomic mass is 32.2. The Morgan fingerprint density at radius 1 is 1.04 bits per heavy atom. The van der Waals surface area contributed by atoms with E-state index in [2.05, 4.69) is 20.2 Å². The predicted octanol–water partition coefficient (Wildman–Crippen LogP) is 4.43. The Kier molecular flexibility index (Phi) is 4.66. The molecule has 4 rings (SSSR count). The second kappa shape index (κ2) is 7.41. The van der Waals surface area contributed by atoms with E-state index < -0.39 is 0 Å². The number of hydrogen-bond acceptors (Lipinski definition) is 4. The lowest BCUT2D eigenvalue weighted by atomic mass is 10.1. The first-order chi connectivity index (χ1) is 12.8. The van der Waals surface area contributed by atoms with Crippen molar-refractivity contribution in [3.63, 3.8) is 0 Å². The number of nitrogens with one attached hydrogen (secondary N) is 2. The van der Waals surface area contributed by atoms with Crippen molar-refractivity contribution in [2.75, 3.05) is 5.75 Å². The molecule has 26 heavy (non-hydrogen) atoms. The normalized spacial score (nSPS) is 11.4. The lowest BCUT2D eigenvalue weighted by Gasteiger charge is -1.97. The predicted molar refractivity (Wildman–Crippen MR) is 105 cm³/mol. The number of Topliss-reactive ketones (excluding diaryl/α,β-unsaturated/α-hetero) is 1. The van der Waals surface area contributed by atoms with Gasteiger partial charge in [0.25, 0.3) is 0 Å². The summed E-state index contributed by atoms with van der Waals surface area (Å²) in [4.78, 5) is 20.0. The number of ketones is 1. The van der Waals surface area contributed by atoms with Gasteiger partial charge in [0.2, 0.25) is 5.16 Å². The van der Waals surface area contributed by atoms with Crippen molar-refractivity contribution in [3.8, 4) is 0 Å². The fourth-order valence-electron chi connectivity index (χ4n) is 2.65. The second-order valence-electron chi connectivity index (χ2n) is 5.71. The zero-order chi connectivity index (χ0) is 17.8. The number of hydrogen-bond donors (Lipinski definition) is 2. The third kappa shape index (κ3) is 3.60. The van der Waals surface area contributed by atoms with E-state index in [1.54, 1.807) is 6.20 Å². The second-order valence-corrected chi connectivity index (χ2v) is 6.65. The van der Waals surface area contributed by atoms with Crippen LogP contribution in [-0.2, 0) is 0 Å². The number of thioether (sulfide) groups is 1. The minimum absolute atomic E-state index is 0.0543. The summed E-state index contributed by atoms with van der Waals surface area (Å²) in [5.74, 6) is 1.01. The third-order valence-electron chi connectivity index (χ3n) is 3.94. The summed E-state index contributed by atoms with van der Waals surface area (Å²) >= 11 is 1.33. The van der Waals surface area contributed by atoms with Gasteiger partial charge in [0.1, 0.15) is 5.82 Å². The number of carbonyl (C=O) groups excluding carboxylic acids is 1. The highest BCUT2D eigenvalue weighted by Gasteiger charge is 2.13. The topological polar surface area (TPSA) is 74.4 Å². The van der Waals surface area contributed by atoms with E-state index in [4.69, 9.17) is 0 Å². The van der Waals surface area contributed by atoms with E-state index in [1.807, 2.05) is 66.7 Å². The molecule has 0 radical (unpaired) electrons. The summed E-state index contributed by atoms with van der Waals surface area (Å²) in [6.45, 7) is 0. The molecule has 0 bridgehead atoms. The fraction of sp³-hybridized carbons (Fsp3) is 0.0500. The van der Waals surface area contributed by atoms with Crippen LogP contribution in [0.25, 0.3) is 23.1 Å². The van der Waals surface area contributed by atoms with E-state index >= 15 is 0 Å². The van der Waals surface area contributed by atoms with Gasteiger partial charge in [-0.15, -0.1) is 5.10 Å². The van der Waals surface area contributed by atoms with Gasteiger partial charge in [0.15, 0.2) is 5.78 Å². The summed E-state index contributed by atoms with van der Waals surface area (Å²) in [5.41, 5.74) is 2.76. The molecule has 2 aromatic heterocycles. The highest BCUT2D eigenvalue weighted by Crippen LogP contribution is 2.21. The van der Waals surface area contributed by atoms with Crippen LogP contribution in [0.3, 0.4) is 0 Å². The lowest BCUT2D eigenvalue weighted by molar-refractivity contribution is 0.102. The standard InChI is InChI=1S/C20H16N4OS/c25-18(16-12-21-17-9-5-4-8-15(16)17)13-26-20-22-19(23-24-20)11-10-14-6-2-1-3-7-14/h1-12,21H,13H2,(H,22,23,24)/b11-10+. The first-order valence-electron chi connectivity index (χ1n) is 8.17. The average molecular weight is 360 g/mol. The molecule has 0 saturated carbocycles. The molecule has 5 nitrogen and oxygen atoms in total. The molecule has 2 N–H and O–H groups in total. The quantitative estimate of drug-likeness (QED) is 0.394. The number of aromatic amines is 2. The Hall–Kier alpha value is -3.12. The molecule has 128 valence electrons. The fourth-order valence-corrected chi connectivity index (χ4v) is 3.34. The monoisotopic (exact) mass is 360 g/mol. The number of carbonyl (C=O) groups is 1. The molecule has 0 aliphatic rings. The minimum Gasteiger partial charge on any atom is -0.360 e. The van der Waals surface area contributed by atoms with Gasteiger partial charge in [-0.3, -0.25) is 9.89 Å². The lowest BCUT2D eigenvalue weighted by Crippen LogP contribution is -2.01. The Morgan fingerprint density at radius 3 is 2.73 bits per heavy atom. The van der Waals surface area contributed by atoms with Crippen molar-refractivity contribution in [2.24, 2.45) is 0 Å². The average Bonchev–Trinajstić information content (AvgIpc) is 3.32. The van der Waals surface area contributed by atoms with Gasteiger partial charge in [-0.25, -0.2) is 4.98 Å². The molecular weight excluding hydrogens is 344 g/mol. The van der Waals surface area contributed by atoms with Gasteiger partial charge < -0.3 is 4.98 Å². The molecule has 0 fully saturated rings. The Bertz CT molecular complexity index is 1070. The van der Waals surface area contributed by atoms with Crippen LogP contribution < -0.4 is 0 Å². The molecule has 0 unspecified atom stereocenters. The number of H-pyrrole nitrogens is 2. The Labute approximate surface area is 154 Å². The minimum atomic E-state index is 0.0543. The molecule has 4 aromatic rings. The van der Waals surface area contributed by atoms with Crippen LogP contribution in [0.5, 0.6) is 0 Å². The van der Waals surface area contributed by atoms with E-state index in [9.17, 15) is 4.79 Å².